The van der Waals surface area contributed by atoms with E-state index in [-0.39, 0.29) is 6.04 Å². The number of rotatable bonds is 6. The number of methoxy groups -OCH3 is 2. The van der Waals surface area contributed by atoms with Crippen molar-refractivity contribution < 1.29 is 14.3 Å². The van der Waals surface area contributed by atoms with E-state index in [1.807, 2.05) is 35.4 Å². The number of piperidine rings is 1. The van der Waals surface area contributed by atoms with E-state index in [4.69, 9.17) is 14.6 Å². The Bertz CT molecular complexity index is 1160. The molecular weight excluding hydrogens is 474 g/mol. The van der Waals surface area contributed by atoms with Crippen LogP contribution >= 0.6 is 15.9 Å². The summed E-state index contributed by atoms with van der Waals surface area (Å²) in [5, 5.41) is 9.24. The van der Waals surface area contributed by atoms with Gasteiger partial charge in [-0.25, -0.2) is 4.98 Å². The molecule has 2 atom stereocenters. The van der Waals surface area contributed by atoms with E-state index in [0.717, 1.165) is 64.2 Å². The third-order valence-corrected chi connectivity index (χ3v) is 7.12. The fourth-order valence-electron chi connectivity index (χ4n) is 4.92. The zero-order valence-corrected chi connectivity index (χ0v) is 19.8. The van der Waals surface area contributed by atoms with Crippen LogP contribution in [0.3, 0.4) is 0 Å². The molecule has 2 aromatic heterocycles. The zero-order chi connectivity index (χ0) is 22.2. The smallest absolute Gasteiger partial charge is 0.222 e. The molecule has 2 aliphatic rings. The highest BCUT2D eigenvalue weighted by molar-refractivity contribution is 9.10. The van der Waals surface area contributed by atoms with Crippen molar-refractivity contribution in [2.45, 2.75) is 44.3 Å². The molecule has 0 bridgehead atoms. The first-order valence-electron chi connectivity index (χ1n) is 10.9. The molecule has 9 heteroatoms. The summed E-state index contributed by atoms with van der Waals surface area (Å²) in [6.07, 6.45) is 5.30. The largest absolute Gasteiger partial charge is 0.497 e. The average molecular weight is 500 g/mol. The highest BCUT2D eigenvalue weighted by Gasteiger charge is 2.37. The van der Waals surface area contributed by atoms with E-state index >= 15 is 0 Å². The second kappa shape index (κ2) is 8.61. The minimum Gasteiger partial charge on any atom is -0.497 e. The number of nitrogens with zero attached hydrogens (tertiary/aromatic N) is 4. The Morgan fingerprint density at radius 2 is 2.06 bits per heavy atom. The maximum absolute atomic E-state index is 12.0. The third kappa shape index (κ3) is 3.68. The Hall–Kier alpha value is -2.81. The summed E-state index contributed by atoms with van der Waals surface area (Å²) in [5.74, 6) is 2.58. The van der Waals surface area contributed by atoms with E-state index in [9.17, 15) is 4.79 Å². The van der Waals surface area contributed by atoms with Crippen molar-refractivity contribution in [3.05, 3.63) is 40.6 Å². The second-order valence-corrected chi connectivity index (χ2v) is 9.03. The molecule has 4 heterocycles. The number of ether oxygens (including phenoxy) is 2. The summed E-state index contributed by atoms with van der Waals surface area (Å²) < 4.78 is 13.7. The van der Waals surface area contributed by atoms with E-state index in [2.05, 4.69) is 30.9 Å². The molecule has 32 heavy (non-hydrogen) atoms. The Labute approximate surface area is 195 Å². The lowest BCUT2D eigenvalue weighted by Crippen LogP contribution is -2.41. The maximum Gasteiger partial charge on any atom is 0.222 e. The van der Waals surface area contributed by atoms with Gasteiger partial charge in [0.15, 0.2) is 0 Å². The quantitative estimate of drug-likeness (QED) is 0.548. The molecule has 2 unspecified atom stereocenters. The van der Waals surface area contributed by atoms with E-state index in [0.29, 0.717) is 24.9 Å². The Morgan fingerprint density at radius 1 is 1.19 bits per heavy atom. The van der Waals surface area contributed by atoms with Gasteiger partial charge in [0.2, 0.25) is 5.91 Å². The first-order valence-corrected chi connectivity index (χ1v) is 11.6. The van der Waals surface area contributed by atoms with Gasteiger partial charge in [-0.15, -0.1) is 0 Å². The number of hydrogen-bond acceptors (Lipinski definition) is 6. The van der Waals surface area contributed by atoms with Crippen LogP contribution in [0, 0.1) is 0 Å². The number of nitrogens with one attached hydrogen (secondary N) is 1. The van der Waals surface area contributed by atoms with Gasteiger partial charge in [0.25, 0.3) is 0 Å². The highest BCUT2D eigenvalue weighted by Crippen LogP contribution is 2.38. The molecule has 3 aromatic rings. The number of hydrogen-bond donors (Lipinski definition) is 1. The van der Waals surface area contributed by atoms with Crippen molar-refractivity contribution in [1.82, 2.24) is 19.7 Å². The highest BCUT2D eigenvalue weighted by atomic mass is 79.9. The van der Waals surface area contributed by atoms with E-state index < -0.39 is 0 Å². The molecule has 1 amide bonds. The number of aromatic nitrogens is 3. The molecule has 2 fully saturated rings. The number of anilines is 1. The van der Waals surface area contributed by atoms with Crippen LogP contribution in [-0.4, -0.2) is 52.4 Å². The molecule has 2 saturated heterocycles. The lowest BCUT2D eigenvalue weighted by atomic mass is 9.97. The van der Waals surface area contributed by atoms with Crippen molar-refractivity contribution in [1.29, 1.82) is 0 Å². The van der Waals surface area contributed by atoms with Gasteiger partial charge in [-0.2, -0.15) is 5.10 Å². The van der Waals surface area contributed by atoms with Crippen LogP contribution in [0.15, 0.2) is 35.1 Å². The number of fused-ring (bicyclic) bond motifs is 2. The Morgan fingerprint density at radius 3 is 2.88 bits per heavy atom. The summed E-state index contributed by atoms with van der Waals surface area (Å²) in [7, 11) is 3.29. The van der Waals surface area contributed by atoms with Crippen molar-refractivity contribution in [3.8, 4) is 11.5 Å². The molecule has 0 aliphatic carbocycles. The van der Waals surface area contributed by atoms with Gasteiger partial charge in [0, 0.05) is 43.4 Å². The number of halogens is 1. The minimum atomic E-state index is 0.271. The van der Waals surface area contributed by atoms with Crippen LogP contribution in [0.1, 0.15) is 37.3 Å². The first-order chi connectivity index (χ1) is 15.6. The van der Waals surface area contributed by atoms with Gasteiger partial charge >= 0.3 is 0 Å². The first kappa shape index (κ1) is 21.1. The number of amides is 1. The number of carbonyl (C=O) groups excluding carboxylic acids is 1. The summed E-state index contributed by atoms with van der Waals surface area (Å²) in [6.45, 7) is 1.36. The standard InChI is InChI=1S/C23H26BrN5O3/c1-31-17-5-3-14(19(12-17)32-2)13-26-23-21-18(7-9-25-23)29(27-22(21)24)16-8-10-28-15(11-16)4-6-20(28)30/h3,5,7,9,12,15-16H,4,6,8,10-11,13H2,1-2H3,(H,25,26). The molecule has 0 radical (unpaired) electrons. The molecule has 1 aromatic carbocycles. The molecule has 8 nitrogen and oxygen atoms in total. The van der Waals surface area contributed by atoms with Crippen LogP contribution in [-0.2, 0) is 11.3 Å². The van der Waals surface area contributed by atoms with Crippen LogP contribution < -0.4 is 14.8 Å². The minimum absolute atomic E-state index is 0.271. The fourth-order valence-corrected chi connectivity index (χ4v) is 5.48. The van der Waals surface area contributed by atoms with Gasteiger partial charge in [-0.05, 0) is 53.4 Å². The van der Waals surface area contributed by atoms with Crippen molar-refractivity contribution in [2.24, 2.45) is 0 Å². The lowest BCUT2D eigenvalue weighted by molar-refractivity contribution is -0.130. The third-order valence-electron chi connectivity index (χ3n) is 6.56. The maximum atomic E-state index is 12.0. The van der Waals surface area contributed by atoms with Gasteiger partial charge < -0.3 is 19.7 Å². The second-order valence-electron chi connectivity index (χ2n) is 8.28. The summed E-state index contributed by atoms with van der Waals surface area (Å²) in [4.78, 5) is 18.7. The zero-order valence-electron chi connectivity index (χ0n) is 18.2. The number of carbonyl (C=O) groups is 1. The number of benzene rings is 1. The van der Waals surface area contributed by atoms with Crippen molar-refractivity contribution in [2.75, 3.05) is 26.1 Å². The Balaban J connectivity index is 1.40. The fraction of sp³-hybridized carbons (Fsp3) is 0.435. The monoisotopic (exact) mass is 499 g/mol. The van der Waals surface area contributed by atoms with Crippen LogP contribution in [0.4, 0.5) is 5.82 Å². The molecule has 0 spiro atoms. The van der Waals surface area contributed by atoms with Crippen LogP contribution in [0.2, 0.25) is 0 Å². The summed E-state index contributed by atoms with van der Waals surface area (Å²) in [6, 6.07) is 8.40. The van der Waals surface area contributed by atoms with Gasteiger partial charge in [0.05, 0.1) is 31.2 Å². The number of pyridine rings is 1. The van der Waals surface area contributed by atoms with Crippen LogP contribution in [0.25, 0.3) is 10.9 Å². The van der Waals surface area contributed by atoms with E-state index in [1.165, 1.54) is 0 Å². The predicted octanol–water partition coefficient (Wildman–Crippen LogP) is 4.15. The van der Waals surface area contributed by atoms with Crippen molar-refractivity contribution in [3.63, 3.8) is 0 Å². The molecule has 1 N–H and O–H groups in total. The SMILES string of the molecule is COc1ccc(CNc2nccc3c2c(Br)nn3C2CCN3C(=O)CCC3C2)c(OC)c1. The summed E-state index contributed by atoms with van der Waals surface area (Å²) >= 11 is 3.66. The van der Waals surface area contributed by atoms with Gasteiger partial charge in [0.1, 0.15) is 21.9 Å². The Kier molecular flexibility index (Phi) is 5.67. The molecule has 5 rings (SSSR count). The van der Waals surface area contributed by atoms with Gasteiger partial charge in [-0.3, -0.25) is 9.48 Å². The van der Waals surface area contributed by atoms with Gasteiger partial charge in [-0.1, -0.05) is 0 Å². The molecular formula is C23H26BrN5O3. The summed E-state index contributed by atoms with van der Waals surface area (Å²) in [5.41, 5.74) is 2.05. The van der Waals surface area contributed by atoms with Crippen LogP contribution in [0.5, 0.6) is 11.5 Å². The average Bonchev–Trinajstić information content (AvgIpc) is 3.37. The molecule has 0 saturated carbocycles. The predicted molar refractivity (Wildman–Crippen MR) is 125 cm³/mol. The van der Waals surface area contributed by atoms with Crippen molar-refractivity contribution >= 4 is 38.6 Å². The normalized spacial score (nSPS) is 20.5. The lowest BCUT2D eigenvalue weighted by Gasteiger charge is -2.35. The molecule has 2 aliphatic heterocycles. The topological polar surface area (TPSA) is 81.5 Å². The molecule has 168 valence electrons. The van der Waals surface area contributed by atoms with E-state index in [1.54, 1.807) is 14.2 Å².